The number of hydrogen-bond donors (Lipinski definition) is 0. The molecule has 0 radical (unpaired) electrons. The summed E-state index contributed by atoms with van der Waals surface area (Å²) in [5.74, 6) is -1.20. The van der Waals surface area contributed by atoms with Crippen LogP contribution >= 0.6 is 11.3 Å². The smallest absolute Gasteiger partial charge is 0.282 e. The number of ether oxygens (including phenoxy) is 2. The molecule has 0 bridgehead atoms. The molecule has 2 heterocycles. The number of thiazole rings is 1. The van der Waals surface area contributed by atoms with Crippen molar-refractivity contribution in [3.63, 3.8) is 0 Å². The van der Waals surface area contributed by atoms with Crippen molar-refractivity contribution in [3.8, 4) is 11.5 Å². The quantitative estimate of drug-likeness (QED) is 0.679. The first-order chi connectivity index (χ1) is 11.5. The topological polar surface area (TPSA) is 52.8 Å². The number of fused-ring (bicyclic) bond motifs is 2. The molecule has 1 aliphatic heterocycles. The van der Waals surface area contributed by atoms with Gasteiger partial charge >= 0.3 is 0 Å². The zero-order chi connectivity index (χ0) is 16.8. The summed E-state index contributed by atoms with van der Waals surface area (Å²) >= 11 is 1.27. The predicted octanol–water partition coefficient (Wildman–Crippen LogP) is 2.99. The Morgan fingerprint density at radius 2 is 1.96 bits per heavy atom. The molecule has 0 atom stereocenters. The lowest BCUT2D eigenvalue weighted by Crippen LogP contribution is -2.14. The van der Waals surface area contributed by atoms with Gasteiger partial charge in [0, 0.05) is 25.2 Å². The zero-order valence-corrected chi connectivity index (χ0v) is 13.2. The van der Waals surface area contributed by atoms with Crippen LogP contribution in [0.1, 0.15) is 10.4 Å². The van der Waals surface area contributed by atoms with Crippen molar-refractivity contribution in [2.75, 3.05) is 6.79 Å². The van der Waals surface area contributed by atoms with Crippen LogP contribution in [0.5, 0.6) is 11.5 Å². The Morgan fingerprint density at radius 3 is 2.71 bits per heavy atom. The summed E-state index contributed by atoms with van der Waals surface area (Å²) in [7, 11) is 1.74. The number of aromatic nitrogens is 1. The van der Waals surface area contributed by atoms with E-state index in [-0.39, 0.29) is 12.4 Å². The lowest BCUT2D eigenvalue weighted by atomic mass is 10.2. The number of hydrogen-bond acceptors (Lipinski definition) is 4. The van der Waals surface area contributed by atoms with Gasteiger partial charge in [-0.15, -0.1) is 0 Å². The van der Waals surface area contributed by atoms with E-state index >= 15 is 0 Å². The maximum absolute atomic E-state index is 13.7. The molecule has 24 heavy (non-hydrogen) atoms. The Balaban J connectivity index is 1.82. The van der Waals surface area contributed by atoms with Gasteiger partial charge < -0.3 is 14.0 Å². The average Bonchev–Trinajstić information content (AvgIpc) is 3.10. The van der Waals surface area contributed by atoms with Crippen molar-refractivity contribution in [2.45, 2.75) is 0 Å². The molecule has 1 amide bonds. The van der Waals surface area contributed by atoms with Gasteiger partial charge in [-0.2, -0.15) is 4.99 Å². The van der Waals surface area contributed by atoms with E-state index in [4.69, 9.17) is 9.47 Å². The monoisotopic (exact) mass is 348 g/mol. The second kappa shape index (κ2) is 5.41. The second-order valence-electron chi connectivity index (χ2n) is 5.16. The fourth-order valence-electron chi connectivity index (χ4n) is 2.43. The third kappa shape index (κ3) is 2.35. The maximum Gasteiger partial charge on any atom is 0.282 e. The first-order valence-corrected chi connectivity index (χ1v) is 7.78. The van der Waals surface area contributed by atoms with Gasteiger partial charge in [0.05, 0.1) is 15.8 Å². The van der Waals surface area contributed by atoms with Crippen LogP contribution in [-0.4, -0.2) is 17.3 Å². The summed E-state index contributed by atoms with van der Waals surface area (Å²) in [5.41, 5.74) is 0.540. The number of halogens is 2. The first kappa shape index (κ1) is 14.8. The van der Waals surface area contributed by atoms with Gasteiger partial charge in [0.25, 0.3) is 5.91 Å². The van der Waals surface area contributed by atoms with Gasteiger partial charge in [0.1, 0.15) is 11.6 Å². The van der Waals surface area contributed by atoms with Crippen molar-refractivity contribution < 1.29 is 23.0 Å². The van der Waals surface area contributed by atoms with Crippen LogP contribution in [0.15, 0.2) is 35.3 Å². The highest BCUT2D eigenvalue weighted by molar-refractivity contribution is 7.16. The number of amides is 1. The molecular weight excluding hydrogens is 338 g/mol. The van der Waals surface area contributed by atoms with E-state index in [1.807, 2.05) is 6.07 Å². The SMILES string of the molecule is Cn1c(=NC(=O)c2ccc(F)cc2F)sc2cc3c(cc21)OCO3. The molecule has 0 saturated carbocycles. The number of carbonyl (C=O) groups is 1. The lowest BCUT2D eigenvalue weighted by Gasteiger charge is -1.99. The van der Waals surface area contributed by atoms with Crippen LogP contribution < -0.4 is 14.3 Å². The summed E-state index contributed by atoms with van der Waals surface area (Å²) in [6, 6.07) is 6.38. The van der Waals surface area contributed by atoms with Gasteiger partial charge in [-0.05, 0) is 12.1 Å². The van der Waals surface area contributed by atoms with Crippen molar-refractivity contribution in [1.29, 1.82) is 0 Å². The van der Waals surface area contributed by atoms with Crippen molar-refractivity contribution in [3.05, 3.63) is 52.3 Å². The minimum atomic E-state index is -0.937. The molecule has 0 N–H and O–H groups in total. The average molecular weight is 348 g/mol. The Labute approximate surface area is 138 Å². The molecule has 0 spiro atoms. The largest absolute Gasteiger partial charge is 0.454 e. The Kier molecular flexibility index (Phi) is 3.34. The van der Waals surface area contributed by atoms with Crippen molar-refractivity contribution >= 4 is 27.5 Å². The molecular formula is C16H10F2N2O3S. The van der Waals surface area contributed by atoms with Gasteiger partial charge in [-0.3, -0.25) is 4.79 Å². The molecule has 4 rings (SSSR count). The summed E-state index contributed by atoms with van der Waals surface area (Å²) < 4.78 is 39.9. The molecule has 0 aliphatic carbocycles. The molecule has 122 valence electrons. The third-order valence-electron chi connectivity index (χ3n) is 3.66. The molecule has 0 unspecified atom stereocenters. The Morgan fingerprint density at radius 1 is 1.21 bits per heavy atom. The molecule has 2 aromatic carbocycles. The third-order valence-corrected chi connectivity index (χ3v) is 4.76. The van der Waals surface area contributed by atoms with Gasteiger partial charge in [-0.1, -0.05) is 11.3 Å². The van der Waals surface area contributed by atoms with E-state index in [2.05, 4.69) is 4.99 Å². The van der Waals surface area contributed by atoms with Gasteiger partial charge in [0.15, 0.2) is 16.3 Å². The van der Waals surface area contributed by atoms with Crippen molar-refractivity contribution in [2.24, 2.45) is 12.0 Å². The summed E-state index contributed by atoms with van der Waals surface area (Å²) in [5, 5.41) is 0. The standard InChI is InChI=1S/C16H10F2N2O3S/c1-20-11-5-12-13(23-7-22-12)6-14(11)24-16(20)19-15(21)9-3-2-8(17)4-10(9)18/h2-6H,7H2,1H3. The first-order valence-electron chi connectivity index (χ1n) is 6.96. The molecule has 1 aromatic heterocycles. The number of carbonyl (C=O) groups excluding carboxylic acids is 1. The summed E-state index contributed by atoms with van der Waals surface area (Å²) in [6.45, 7) is 0.176. The number of nitrogens with zero attached hydrogens (tertiary/aromatic N) is 2. The van der Waals surface area contributed by atoms with Gasteiger partial charge in [0.2, 0.25) is 6.79 Å². The van der Waals surface area contributed by atoms with E-state index in [1.54, 1.807) is 17.7 Å². The molecule has 0 fully saturated rings. The minimum Gasteiger partial charge on any atom is -0.454 e. The minimum absolute atomic E-state index is 0.176. The molecule has 8 heteroatoms. The van der Waals surface area contributed by atoms with Crippen LogP contribution in [0.3, 0.4) is 0 Å². The molecule has 0 saturated heterocycles. The lowest BCUT2D eigenvalue weighted by molar-refractivity contribution is 0.0994. The zero-order valence-electron chi connectivity index (χ0n) is 12.4. The molecule has 5 nitrogen and oxygen atoms in total. The van der Waals surface area contributed by atoms with E-state index in [1.165, 1.54) is 11.3 Å². The Hall–Kier alpha value is -2.74. The highest BCUT2D eigenvalue weighted by Gasteiger charge is 2.17. The van der Waals surface area contributed by atoms with E-state index < -0.39 is 17.5 Å². The van der Waals surface area contributed by atoms with Crippen LogP contribution in [0.2, 0.25) is 0 Å². The van der Waals surface area contributed by atoms with Crippen molar-refractivity contribution in [1.82, 2.24) is 4.57 Å². The highest BCUT2D eigenvalue weighted by Crippen LogP contribution is 2.36. The van der Waals surface area contributed by atoms with Crippen LogP contribution in [-0.2, 0) is 7.05 Å². The molecule has 3 aromatic rings. The van der Waals surface area contributed by atoms with Crippen LogP contribution in [0.4, 0.5) is 8.78 Å². The fourth-order valence-corrected chi connectivity index (χ4v) is 3.46. The maximum atomic E-state index is 13.7. The predicted molar refractivity (Wildman–Crippen MR) is 83.2 cm³/mol. The van der Waals surface area contributed by atoms with Crippen LogP contribution in [0, 0.1) is 11.6 Å². The van der Waals surface area contributed by atoms with E-state index in [0.717, 1.165) is 22.3 Å². The van der Waals surface area contributed by atoms with Crippen LogP contribution in [0.25, 0.3) is 10.2 Å². The number of benzene rings is 2. The van der Waals surface area contributed by atoms with Gasteiger partial charge in [-0.25, -0.2) is 8.78 Å². The fraction of sp³-hybridized carbons (Fsp3) is 0.125. The normalized spacial score (nSPS) is 13.7. The highest BCUT2D eigenvalue weighted by atomic mass is 32.1. The second-order valence-corrected chi connectivity index (χ2v) is 6.17. The summed E-state index contributed by atoms with van der Waals surface area (Å²) in [4.78, 5) is 16.5. The van der Waals surface area contributed by atoms with E-state index in [0.29, 0.717) is 22.4 Å². The summed E-state index contributed by atoms with van der Waals surface area (Å²) in [6.07, 6.45) is 0. The number of rotatable bonds is 1. The number of aryl methyl sites for hydroxylation is 1. The molecule has 1 aliphatic rings. The van der Waals surface area contributed by atoms with E-state index in [9.17, 15) is 13.6 Å². The Bertz CT molecular complexity index is 1060.